The summed E-state index contributed by atoms with van der Waals surface area (Å²) in [4.78, 5) is 10.6. The van der Waals surface area contributed by atoms with Gasteiger partial charge in [-0.1, -0.05) is 44.2 Å². The number of rotatable bonds is 6. The molecule has 82 valence electrons. The Hall–Kier alpha value is -1.15. The van der Waals surface area contributed by atoms with Crippen molar-refractivity contribution in [2.75, 3.05) is 0 Å². The normalized spacial score (nSPS) is 14.5. The minimum atomic E-state index is -0.0290. The van der Waals surface area contributed by atoms with E-state index in [2.05, 4.69) is 0 Å². The van der Waals surface area contributed by atoms with E-state index in [-0.39, 0.29) is 12.0 Å². The van der Waals surface area contributed by atoms with Gasteiger partial charge in [0.1, 0.15) is 6.29 Å². The van der Waals surface area contributed by atoms with Crippen molar-refractivity contribution >= 4 is 6.29 Å². The second-order valence-corrected chi connectivity index (χ2v) is 3.74. The molecule has 0 aliphatic carbocycles. The van der Waals surface area contributed by atoms with Crippen molar-refractivity contribution in [2.45, 2.75) is 33.0 Å². The summed E-state index contributed by atoms with van der Waals surface area (Å²) >= 11 is 0. The lowest BCUT2D eigenvalue weighted by Gasteiger charge is -2.18. The highest BCUT2D eigenvalue weighted by Gasteiger charge is 2.14. The van der Waals surface area contributed by atoms with Crippen LogP contribution in [0.4, 0.5) is 0 Å². The largest absolute Gasteiger partial charge is 0.373 e. The van der Waals surface area contributed by atoms with Crippen LogP contribution in [0.3, 0.4) is 0 Å². The molecular weight excluding hydrogens is 188 g/mol. The first-order chi connectivity index (χ1) is 7.27. The number of ether oxygens (including phenoxy) is 1. The molecule has 1 rings (SSSR count). The van der Waals surface area contributed by atoms with E-state index in [0.29, 0.717) is 6.61 Å². The first kappa shape index (κ1) is 11.9. The molecule has 1 aromatic carbocycles. The molecule has 0 bridgehead atoms. The molecule has 0 aliphatic heterocycles. The van der Waals surface area contributed by atoms with Crippen LogP contribution in [0, 0.1) is 5.92 Å². The molecule has 2 atom stereocenters. The van der Waals surface area contributed by atoms with E-state index in [9.17, 15) is 4.79 Å². The van der Waals surface area contributed by atoms with Crippen LogP contribution in [-0.2, 0) is 16.1 Å². The van der Waals surface area contributed by atoms with Crippen LogP contribution < -0.4 is 0 Å². The number of aldehydes is 1. The van der Waals surface area contributed by atoms with Gasteiger partial charge in [0.25, 0.3) is 0 Å². The topological polar surface area (TPSA) is 26.3 Å². The van der Waals surface area contributed by atoms with Crippen LogP contribution in [-0.4, -0.2) is 12.4 Å². The zero-order chi connectivity index (χ0) is 11.1. The maximum absolute atomic E-state index is 10.6. The highest BCUT2D eigenvalue weighted by atomic mass is 16.5. The van der Waals surface area contributed by atoms with E-state index in [1.54, 1.807) is 0 Å². The zero-order valence-electron chi connectivity index (χ0n) is 9.35. The minimum Gasteiger partial charge on any atom is -0.373 e. The molecule has 0 saturated heterocycles. The Kier molecular flexibility index (Phi) is 5.05. The quantitative estimate of drug-likeness (QED) is 0.669. The summed E-state index contributed by atoms with van der Waals surface area (Å²) in [5, 5.41) is 0. The maximum atomic E-state index is 10.6. The van der Waals surface area contributed by atoms with Gasteiger partial charge >= 0.3 is 0 Å². The molecule has 0 saturated carbocycles. The van der Waals surface area contributed by atoms with Crippen LogP contribution in [0.2, 0.25) is 0 Å². The van der Waals surface area contributed by atoms with Gasteiger partial charge in [0, 0.05) is 5.92 Å². The summed E-state index contributed by atoms with van der Waals surface area (Å²) in [6, 6.07) is 10.0. The first-order valence-electron chi connectivity index (χ1n) is 5.38. The van der Waals surface area contributed by atoms with Crippen LogP contribution in [0.25, 0.3) is 0 Å². The maximum Gasteiger partial charge on any atom is 0.125 e. The Bertz CT molecular complexity index is 282. The predicted molar refractivity (Wildman–Crippen MR) is 60.5 cm³/mol. The number of benzene rings is 1. The van der Waals surface area contributed by atoms with Gasteiger partial charge in [0.2, 0.25) is 0 Å². The average molecular weight is 206 g/mol. The fraction of sp³-hybridized carbons (Fsp3) is 0.462. The molecule has 2 heteroatoms. The van der Waals surface area contributed by atoms with Crippen molar-refractivity contribution in [1.82, 2.24) is 0 Å². The summed E-state index contributed by atoms with van der Waals surface area (Å²) in [6.07, 6.45) is 1.86. The van der Waals surface area contributed by atoms with Crippen molar-refractivity contribution in [2.24, 2.45) is 5.92 Å². The number of carbonyl (C=O) groups excluding carboxylic acids is 1. The third-order valence-corrected chi connectivity index (χ3v) is 2.51. The van der Waals surface area contributed by atoms with Crippen LogP contribution >= 0.6 is 0 Å². The van der Waals surface area contributed by atoms with E-state index in [1.807, 2.05) is 44.2 Å². The molecule has 2 nitrogen and oxygen atoms in total. The smallest absolute Gasteiger partial charge is 0.125 e. The van der Waals surface area contributed by atoms with E-state index >= 15 is 0 Å². The molecule has 0 fully saturated rings. The SMILES string of the molecule is CC[C@H](OCc1ccccc1)C(C)C=O. The average Bonchev–Trinajstić information content (AvgIpc) is 2.31. The van der Waals surface area contributed by atoms with E-state index in [4.69, 9.17) is 4.74 Å². The van der Waals surface area contributed by atoms with Crippen LogP contribution in [0.1, 0.15) is 25.8 Å². The highest BCUT2D eigenvalue weighted by molar-refractivity contribution is 5.53. The Morgan fingerprint density at radius 1 is 1.33 bits per heavy atom. The second-order valence-electron chi connectivity index (χ2n) is 3.74. The number of carbonyl (C=O) groups is 1. The second kappa shape index (κ2) is 6.36. The third kappa shape index (κ3) is 3.84. The van der Waals surface area contributed by atoms with Gasteiger partial charge in [-0.25, -0.2) is 0 Å². The predicted octanol–water partition coefficient (Wildman–Crippen LogP) is 2.82. The van der Waals surface area contributed by atoms with Crippen molar-refractivity contribution in [3.63, 3.8) is 0 Å². The Morgan fingerprint density at radius 2 is 2.00 bits per heavy atom. The van der Waals surface area contributed by atoms with Crippen molar-refractivity contribution < 1.29 is 9.53 Å². The van der Waals surface area contributed by atoms with Gasteiger partial charge in [0.15, 0.2) is 0 Å². The van der Waals surface area contributed by atoms with Gasteiger partial charge < -0.3 is 9.53 Å². The summed E-state index contributed by atoms with van der Waals surface area (Å²) in [6.45, 7) is 4.51. The van der Waals surface area contributed by atoms with Crippen molar-refractivity contribution in [1.29, 1.82) is 0 Å². The lowest BCUT2D eigenvalue weighted by atomic mass is 10.0. The standard InChI is InChI=1S/C13H18O2/c1-3-13(11(2)9-14)15-10-12-7-5-4-6-8-12/h4-9,11,13H,3,10H2,1-2H3/t11?,13-/m0/s1. The molecular formula is C13H18O2. The van der Waals surface area contributed by atoms with Gasteiger partial charge in [-0.3, -0.25) is 0 Å². The lowest BCUT2D eigenvalue weighted by molar-refractivity contribution is -0.115. The minimum absolute atomic E-state index is 0.0290. The highest BCUT2D eigenvalue weighted by Crippen LogP contribution is 2.12. The summed E-state index contributed by atoms with van der Waals surface area (Å²) in [5.74, 6) is -0.0290. The van der Waals surface area contributed by atoms with E-state index < -0.39 is 0 Å². The van der Waals surface area contributed by atoms with Gasteiger partial charge in [-0.2, -0.15) is 0 Å². The first-order valence-corrected chi connectivity index (χ1v) is 5.38. The van der Waals surface area contributed by atoms with Gasteiger partial charge in [-0.15, -0.1) is 0 Å². The molecule has 0 heterocycles. The molecule has 15 heavy (non-hydrogen) atoms. The summed E-state index contributed by atoms with van der Waals surface area (Å²) < 4.78 is 5.70. The molecule has 0 aromatic heterocycles. The van der Waals surface area contributed by atoms with E-state index in [0.717, 1.165) is 18.3 Å². The Balaban J connectivity index is 2.44. The van der Waals surface area contributed by atoms with Crippen LogP contribution in [0.15, 0.2) is 30.3 Å². The van der Waals surface area contributed by atoms with Crippen molar-refractivity contribution in [3.05, 3.63) is 35.9 Å². The molecule has 1 unspecified atom stereocenters. The van der Waals surface area contributed by atoms with Crippen molar-refractivity contribution in [3.8, 4) is 0 Å². The monoisotopic (exact) mass is 206 g/mol. The number of hydrogen-bond acceptors (Lipinski definition) is 2. The Morgan fingerprint density at radius 3 is 2.53 bits per heavy atom. The lowest BCUT2D eigenvalue weighted by Crippen LogP contribution is -2.21. The summed E-state index contributed by atoms with van der Waals surface area (Å²) in [7, 11) is 0. The zero-order valence-corrected chi connectivity index (χ0v) is 9.35. The molecule has 0 amide bonds. The third-order valence-electron chi connectivity index (χ3n) is 2.51. The number of hydrogen-bond donors (Lipinski definition) is 0. The van der Waals surface area contributed by atoms with Gasteiger partial charge in [0.05, 0.1) is 12.7 Å². The molecule has 1 aromatic rings. The summed E-state index contributed by atoms with van der Waals surface area (Å²) in [5.41, 5.74) is 1.15. The Labute approximate surface area is 91.3 Å². The van der Waals surface area contributed by atoms with E-state index in [1.165, 1.54) is 0 Å². The fourth-order valence-electron chi connectivity index (χ4n) is 1.51. The molecule has 0 spiro atoms. The molecule has 0 radical (unpaired) electrons. The van der Waals surface area contributed by atoms with Gasteiger partial charge in [-0.05, 0) is 12.0 Å². The molecule has 0 N–H and O–H groups in total. The fourth-order valence-corrected chi connectivity index (χ4v) is 1.51. The van der Waals surface area contributed by atoms with Crippen LogP contribution in [0.5, 0.6) is 0 Å². The molecule has 0 aliphatic rings.